The number of ketones is 1. The second kappa shape index (κ2) is 4.30. The number of anilines is 1. The van der Waals surface area contributed by atoms with Gasteiger partial charge in [0.1, 0.15) is 0 Å². The van der Waals surface area contributed by atoms with Crippen LogP contribution in [-0.2, 0) is 0 Å². The van der Waals surface area contributed by atoms with Gasteiger partial charge in [0.15, 0.2) is 5.84 Å². The third kappa shape index (κ3) is 1.61. The average molecular weight is 295 g/mol. The van der Waals surface area contributed by atoms with Gasteiger partial charge in [-0.25, -0.2) is 4.99 Å². The normalized spacial score (nSPS) is 18.7. The molecule has 2 heterocycles. The van der Waals surface area contributed by atoms with E-state index in [1.165, 1.54) is 0 Å². The molecule has 1 atom stereocenters. The van der Waals surface area contributed by atoms with Gasteiger partial charge in [-0.1, -0.05) is 35.9 Å². The second-order valence-corrected chi connectivity index (χ2v) is 5.47. The van der Waals surface area contributed by atoms with Crippen LogP contribution in [-0.4, -0.2) is 11.6 Å². The minimum Gasteiger partial charge on any atom is -0.311 e. The van der Waals surface area contributed by atoms with E-state index in [2.05, 4.69) is 11.6 Å². The molecule has 0 radical (unpaired) electrons. The van der Waals surface area contributed by atoms with E-state index in [1.54, 1.807) is 6.07 Å². The van der Waals surface area contributed by atoms with Gasteiger partial charge in [0, 0.05) is 16.1 Å². The minimum absolute atomic E-state index is 0.0527. The maximum Gasteiger partial charge on any atom is 0.230 e. The number of aliphatic imine (C=N–C) groups is 1. The molecule has 4 rings (SSSR count). The molecule has 2 aliphatic rings. The van der Waals surface area contributed by atoms with Crippen LogP contribution >= 0.6 is 11.6 Å². The fourth-order valence-corrected chi connectivity index (χ4v) is 3.12. The summed E-state index contributed by atoms with van der Waals surface area (Å²) in [7, 11) is 0. The largest absolute Gasteiger partial charge is 0.311 e. The zero-order chi connectivity index (χ0) is 14.6. The highest BCUT2D eigenvalue weighted by Crippen LogP contribution is 2.44. The molecular weight excluding hydrogens is 284 g/mol. The number of hydrogen-bond donors (Lipinski definition) is 0. The third-order valence-electron chi connectivity index (χ3n) is 3.88. The summed E-state index contributed by atoms with van der Waals surface area (Å²) < 4.78 is 0. The molecule has 0 saturated carbocycles. The number of halogens is 1. The maximum absolute atomic E-state index is 12.5. The van der Waals surface area contributed by atoms with Crippen molar-refractivity contribution in [3.05, 3.63) is 71.3 Å². The van der Waals surface area contributed by atoms with E-state index in [0.717, 1.165) is 16.9 Å². The van der Waals surface area contributed by atoms with Crippen LogP contribution in [0, 0.1) is 0 Å². The summed E-state index contributed by atoms with van der Waals surface area (Å²) in [5.74, 6) is 0.388. The number of rotatable bonds is 1. The first-order valence-electron chi connectivity index (χ1n) is 6.64. The molecule has 0 amide bonds. The Kier molecular flexibility index (Phi) is 2.53. The fraction of sp³-hybridized carbons (Fsp3) is 0.0588. The van der Waals surface area contributed by atoms with Crippen LogP contribution in [0.4, 0.5) is 11.4 Å². The molecule has 0 aromatic heterocycles. The van der Waals surface area contributed by atoms with E-state index in [-0.39, 0.29) is 11.8 Å². The highest BCUT2D eigenvalue weighted by molar-refractivity contribution is 6.55. The zero-order valence-corrected chi connectivity index (χ0v) is 11.8. The topological polar surface area (TPSA) is 32.7 Å². The Bertz CT molecular complexity index is 825. The molecule has 4 heteroatoms. The van der Waals surface area contributed by atoms with Gasteiger partial charge in [-0.15, -0.1) is 6.58 Å². The number of fused-ring (bicyclic) bond motifs is 4. The fourth-order valence-electron chi connectivity index (χ4n) is 2.96. The summed E-state index contributed by atoms with van der Waals surface area (Å²) in [6.07, 6.45) is 1.83. The van der Waals surface area contributed by atoms with Crippen LogP contribution in [0.5, 0.6) is 0 Å². The number of nitrogens with zero attached hydrogens (tertiary/aromatic N) is 2. The molecule has 0 spiro atoms. The van der Waals surface area contributed by atoms with E-state index in [0.29, 0.717) is 16.4 Å². The van der Waals surface area contributed by atoms with Crippen LogP contribution in [0.3, 0.4) is 0 Å². The third-order valence-corrected chi connectivity index (χ3v) is 4.11. The predicted molar refractivity (Wildman–Crippen MR) is 84.7 cm³/mol. The van der Waals surface area contributed by atoms with Crippen LogP contribution in [0.2, 0.25) is 5.02 Å². The number of amidine groups is 1. The average Bonchev–Trinajstić information content (AvgIpc) is 2.78. The van der Waals surface area contributed by atoms with Crippen molar-refractivity contribution in [3.8, 4) is 0 Å². The molecule has 102 valence electrons. The monoisotopic (exact) mass is 294 g/mol. The summed E-state index contributed by atoms with van der Waals surface area (Å²) in [6.45, 7) is 3.92. The Morgan fingerprint density at radius 1 is 1.24 bits per heavy atom. The number of carbonyl (C=O) groups is 1. The molecular formula is C17H11ClN2O. The van der Waals surface area contributed by atoms with Crippen molar-refractivity contribution >= 4 is 34.6 Å². The first-order chi connectivity index (χ1) is 10.2. The molecule has 2 aromatic rings. The molecule has 21 heavy (non-hydrogen) atoms. The Morgan fingerprint density at radius 2 is 2.05 bits per heavy atom. The quantitative estimate of drug-likeness (QED) is 0.734. The van der Waals surface area contributed by atoms with E-state index >= 15 is 0 Å². The summed E-state index contributed by atoms with van der Waals surface area (Å²) in [5, 5.41) is 0.609. The Balaban J connectivity index is 2.00. The van der Waals surface area contributed by atoms with Crippen LogP contribution in [0.15, 0.2) is 60.1 Å². The van der Waals surface area contributed by atoms with E-state index in [9.17, 15) is 4.79 Å². The Labute approximate surface area is 127 Å². The van der Waals surface area contributed by atoms with Gasteiger partial charge in [0.2, 0.25) is 5.78 Å². The second-order valence-electron chi connectivity index (χ2n) is 5.04. The highest BCUT2D eigenvalue weighted by atomic mass is 35.5. The predicted octanol–water partition coefficient (Wildman–Crippen LogP) is 4.31. The highest BCUT2D eigenvalue weighted by Gasteiger charge is 2.40. The molecule has 0 unspecified atom stereocenters. The van der Waals surface area contributed by atoms with E-state index in [1.807, 2.05) is 47.4 Å². The number of carbonyl (C=O) groups excluding carboxylic acids is 1. The Hall–Kier alpha value is -2.39. The zero-order valence-electron chi connectivity index (χ0n) is 11.1. The van der Waals surface area contributed by atoms with E-state index in [4.69, 9.17) is 11.6 Å². The SMILES string of the molecule is C=C[C@H]1c2ccc(Cl)cc2N=C2C(=O)c3ccccc3N21. The van der Waals surface area contributed by atoms with Crippen LogP contribution in [0.1, 0.15) is 22.0 Å². The standard InChI is InChI=1S/C17H11ClN2O/c1-2-14-11-8-7-10(18)9-13(11)19-17-16(21)12-5-3-4-6-15(12)20(14)17/h2-9,14H,1H2/t14-/m0/s1. The molecule has 0 N–H and O–H groups in total. The van der Waals surface area contributed by atoms with Gasteiger partial charge < -0.3 is 4.90 Å². The Morgan fingerprint density at radius 3 is 2.86 bits per heavy atom. The summed E-state index contributed by atoms with van der Waals surface area (Å²) in [6, 6.07) is 13.0. The molecule has 0 bridgehead atoms. The van der Waals surface area contributed by atoms with Crippen molar-refractivity contribution in [1.29, 1.82) is 0 Å². The lowest BCUT2D eigenvalue weighted by molar-refractivity contribution is 0.106. The number of hydrogen-bond acceptors (Lipinski definition) is 3. The van der Waals surface area contributed by atoms with Gasteiger partial charge >= 0.3 is 0 Å². The summed E-state index contributed by atoms with van der Waals surface area (Å²) in [4.78, 5) is 19.0. The van der Waals surface area contributed by atoms with Gasteiger partial charge in [-0.05, 0) is 24.3 Å². The molecule has 0 aliphatic carbocycles. The van der Waals surface area contributed by atoms with Gasteiger partial charge in [0.25, 0.3) is 0 Å². The van der Waals surface area contributed by atoms with Gasteiger partial charge in [-0.2, -0.15) is 0 Å². The van der Waals surface area contributed by atoms with Crippen LogP contribution in [0.25, 0.3) is 0 Å². The van der Waals surface area contributed by atoms with E-state index < -0.39 is 0 Å². The van der Waals surface area contributed by atoms with Crippen molar-refractivity contribution in [1.82, 2.24) is 0 Å². The smallest absolute Gasteiger partial charge is 0.230 e. The minimum atomic E-state index is -0.114. The number of Topliss-reactive ketones (excluding diaryl/α,β-unsaturated/α-hetero) is 1. The number of para-hydroxylation sites is 1. The molecule has 2 aliphatic heterocycles. The van der Waals surface area contributed by atoms with Crippen molar-refractivity contribution in [2.75, 3.05) is 4.90 Å². The maximum atomic E-state index is 12.5. The lowest BCUT2D eigenvalue weighted by atomic mass is 10.0. The summed E-state index contributed by atoms with van der Waals surface area (Å²) in [5.41, 5.74) is 3.30. The van der Waals surface area contributed by atoms with Crippen LogP contribution < -0.4 is 4.90 Å². The van der Waals surface area contributed by atoms with Gasteiger partial charge in [0.05, 0.1) is 17.4 Å². The first kappa shape index (κ1) is 12.4. The molecule has 0 fully saturated rings. The van der Waals surface area contributed by atoms with Crippen molar-refractivity contribution < 1.29 is 4.79 Å². The summed E-state index contributed by atoms with van der Waals surface area (Å²) >= 11 is 6.04. The number of benzene rings is 2. The van der Waals surface area contributed by atoms with Gasteiger partial charge in [-0.3, -0.25) is 4.79 Å². The lowest BCUT2D eigenvalue weighted by Gasteiger charge is -2.32. The molecule has 0 saturated heterocycles. The molecule has 2 aromatic carbocycles. The van der Waals surface area contributed by atoms with Crippen molar-refractivity contribution in [2.45, 2.75) is 6.04 Å². The first-order valence-corrected chi connectivity index (χ1v) is 7.02. The van der Waals surface area contributed by atoms with Crippen molar-refractivity contribution in [3.63, 3.8) is 0 Å². The van der Waals surface area contributed by atoms with Crippen molar-refractivity contribution in [2.24, 2.45) is 4.99 Å². The molecule has 3 nitrogen and oxygen atoms in total. The lowest BCUT2D eigenvalue weighted by Crippen LogP contribution is -2.35.